The fourth-order valence-corrected chi connectivity index (χ4v) is 2.03. The van der Waals surface area contributed by atoms with E-state index in [1.165, 1.54) is 11.3 Å². The fraction of sp³-hybridized carbons (Fsp3) is 0.818. The lowest BCUT2D eigenvalue weighted by molar-refractivity contribution is -0.138. The Morgan fingerprint density at radius 3 is 2.40 bits per heavy atom. The number of rotatable bonds is 3. The minimum absolute atomic E-state index is 0.110. The Morgan fingerprint density at radius 2 is 1.87 bits per heavy atom. The van der Waals surface area contributed by atoms with E-state index in [9.17, 15) is 9.59 Å². The van der Waals surface area contributed by atoms with Crippen LogP contribution in [0.2, 0.25) is 0 Å². The van der Waals surface area contributed by atoms with Crippen LogP contribution in [0.15, 0.2) is 0 Å². The van der Waals surface area contributed by atoms with Gasteiger partial charge in [-0.25, -0.2) is 0 Å². The van der Waals surface area contributed by atoms with Crippen LogP contribution in [0.1, 0.15) is 32.1 Å². The third kappa shape index (κ3) is 3.53. The third-order valence-corrected chi connectivity index (χ3v) is 2.99. The average molecular weight is 212 g/mol. The minimum atomic E-state index is -0.110. The molecule has 0 bridgehead atoms. The Hall–Kier alpha value is -1.06. The van der Waals surface area contributed by atoms with Gasteiger partial charge >= 0.3 is 0 Å². The molecule has 0 aromatic heterocycles. The molecule has 0 radical (unpaired) electrons. The van der Waals surface area contributed by atoms with Crippen molar-refractivity contribution in [3.05, 3.63) is 0 Å². The van der Waals surface area contributed by atoms with Crippen LogP contribution in [0.4, 0.5) is 0 Å². The van der Waals surface area contributed by atoms with Crippen LogP contribution >= 0.6 is 0 Å². The van der Waals surface area contributed by atoms with Crippen LogP contribution in [0.25, 0.3) is 0 Å². The Morgan fingerprint density at radius 1 is 1.27 bits per heavy atom. The quantitative estimate of drug-likeness (QED) is 0.751. The lowest BCUT2D eigenvalue weighted by Gasteiger charge is -2.25. The highest BCUT2D eigenvalue weighted by Gasteiger charge is 2.24. The highest BCUT2D eigenvalue weighted by atomic mass is 16.2. The molecule has 4 heteroatoms. The Labute approximate surface area is 91.0 Å². The van der Waals surface area contributed by atoms with E-state index in [2.05, 4.69) is 5.32 Å². The normalized spacial score (nSPS) is 17.2. The number of carbonyl (C=O) groups is 2. The monoisotopic (exact) mass is 212 g/mol. The summed E-state index contributed by atoms with van der Waals surface area (Å²) in [7, 11) is 3.29. The van der Waals surface area contributed by atoms with Crippen molar-refractivity contribution >= 4 is 11.8 Å². The van der Waals surface area contributed by atoms with E-state index >= 15 is 0 Å². The molecule has 0 heterocycles. The van der Waals surface area contributed by atoms with E-state index in [0.29, 0.717) is 0 Å². The Balaban J connectivity index is 2.40. The molecule has 0 aromatic carbocycles. The fourth-order valence-electron chi connectivity index (χ4n) is 2.03. The molecule has 2 amide bonds. The number of likely N-dealkylation sites (N-methyl/N-ethyl adjacent to an activating group) is 2. The number of nitrogens with one attached hydrogen (secondary N) is 1. The summed E-state index contributed by atoms with van der Waals surface area (Å²) in [6.45, 7) is 0.172. The van der Waals surface area contributed by atoms with Gasteiger partial charge in [-0.05, 0) is 12.8 Å². The highest BCUT2D eigenvalue weighted by Crippen LogP contribution is 2.24. The van der Waals surface area contributed by atoms with Crippen molar-refractivity contribution in [2.75, 3.05) is 20.6 Å². The SMILES string of the molecule is CNC(=O)CN(C)C(=O)C1CCCCC1. The molecule has 1 N–H and O–H groups in total. The standard InChI is InChI=1S/C11H20N2O2/c1-12-10(14)8-13(2)11(15)9-6-4-3-5-7-9/h9H,3-8H2,1-2H3,(H,12,14). The number of hydrogen-bond donors (Lipinski definition) is 1. The van der Waals surface area contributed by atoms with Crippen molar-refractivity contribution in [1.29, 1.82) is 0 Å². The second kappa shape index (κ2) is 5.73. The first-order valence-corrected chi connectivity index (χ1v) is 5.60. The van der Waals surface area contributed by atoms with Gasteiger partial charge in [0, 0.05) is 20.0 Å². The molecule has 1 aliphatic carbocycles. The summed E-state index contributed by atoms with van der Waals surface area (Å²) in [4.78, 5) is 24.5. The van der Waals surface area contributed by atoms with Crippen LogP contribution in [0.5, 0.6) is 0 Å². The maximum absolute atomic E-state index is 11.9. The van der Waals surface area contributed by atoms with Gasteiger partial charge in [0.05, 0.1) is 6.54 Å². The third-order valence-electron chi connectivity index (χ3n) is 2.99. The van der Waals surface area contributed by atoms with Gasteiger partial charge < -0.3 is 10.2 Å². The molecular formula is C11H20N2O2. The first-order chi connectivity index (χ1) is 7.15. The Bertz CT molecular complexity index is 235. The number of nitrogens with zero attached hydrogens (tertiary/aromatic N) is 1. The van der Waals surface area contributed by atoms with E-state index in [1.54, 1.807) is 14.1 Å². The van der Waals surface area contributed by atoms with Gasteiger partial charge in [0.1, 0.15) is 0 Å². The Kier molecular flexibility index (Phi) is 4.59. The molecule has 1 saturated carbocycles. The van der Waals surface area contributed by atoms with Gasteiger partial charge in [-0.3, -0.25) is 9.59 Å². The molecule has 0 saturated heterocycles. The molecule has 0 spiro atoms. The average Bonchev–Trinajstić information content (AvgIpc) is 2.29. The molecule has 1 rings (SSSR count). The second-order valence-electron chi connectivity index (χ2n) is 4.20. The zero-order valence-corrected chi connectivity index (χ0v) is 9.58. The maximum atomic E-state index is 11.9. The van der Waals surface area contributed by atoms with Crippen LogP contribution in [0.3, 0.4) is 0 Å². The van der Waals surface area contributed by atoms with Gasteiger partial charge in [-0.15, -0.1) is 0 Å². The summed E-state index contributed by atoms with van der Waals surface area (Å²) in [5.74, 6) is 0.161. The summed E-state index contributed by atoms with van der Waals surface area (Å²) in [5.41, 5.74) is 0. The molecule has 15 heavy (non-hydrogen) atoms. The molecule has 0 unspecified atom stereocenters. The van der Waals surface area contributed by atoms with Crippen molar-refractivity contribution in [2.45, 2.75) is 32.1 Å². The van der Waals surface area contributed by atoms with Crippen LogP contribution < -0.4 is 5.32 Å². The van der Waals surface area contributed by atoms with Crippen molar-refractivity contribution < 1.29 is 9.59 Å². The highest BCUT2D eigenvalue weighted by molar-refractivity contribution is 5.85. The van der Waals surface area contributed by atoms with Gasteiger partial charge in [0.2, 0.25) is 11.8 Å². The smallest absolute Gasteiger partial charge is 0.239 e. The molecule has 86 valence electrons. The van der Waals surface area contributed by atoms with Crippen molar-refractivity contribution in [2.24, 2.45) is 5.92 Å². The van der Waals surface area contributed by atoms with E-state index in [4.69, 9.17) is 0 Å². The summed E-state index contributed by atoms with van der Waals surface area (Å²) in [5, 5.41) is 2.52. The summed E-state index contributed by atoms with van der Waals surface area (Å²) in [6.07, 6.45) is 5.49. The molecule has 1 fully saturated rings. The minimum Gasteiger partial charge on any atom is -0.358 e. The molecule has 1 aliphatic rings. The molecule has 4 nitrogen and oxygen atoms in total. The van der Waals surface area contributed by atoms with E-state index in [0.717, 1.165) is 25.7 Å². The summed E-state index contributed by atoms with van der Waals surface area (Å²) in [6, 6.07) is 0. The predicted octanol–water partition coefficient (Wildman–Crippen LogP) is 0.771. The lowest BCUT2D eigenvalue weighted by atomic mass is 9.88. The zero-order valence-electron chi connectivity index (χ0n) is 9.58. The summed E-state index contributed by atoms with van der Waals surface area (Å²) >= 11 is 0. The first-order valence-electron chi connectivity index (χ1n) is 5.60. The van der Waals surface area contributed by atoms with Gasteiger partial charge in [-0.2, -0.15) is 0 Å². The lowest BCUT2D eigenvalue weighted by Crippen LogP contribution is -2.40. The van der Waals surface area contributed by atoms with Gasteiger partial charge in [0.15, 0.2) is 0 Å². The van der Waals surface area contributed by atoms with Crippen LogP contribution in [-0.4, -0.2) is 37.4 Å². The molecular weight excluding hydrogens is 192 g/mol. The van der Waals surface area contributed by atoms with Crippen molar-refractivity contribution in [3.8, 4) is 0 Å². The molecule has 0 atom stereocenters. The van der Waals surface area contributed by atoms with Gasteiger partial charge in [-0.1, -0.05) is 19.3 Å². The second-order valence-corrected chi connectivity index (χ2v) is 4.20. The summed E-state index contributed by atoms with van der Waals surface area (Å²) < 4.78 is 0. The largest absolute Gasteiger partial charge is 0.358 e. The number of hydrogen-bond acceptors (Lipinski definition) is 2. The van der Waals surface area contributed by atoms with E-state index in [-0.39, 0.29) is 24.3 Å². The molecule has 0 aliphatic heterocycles. The number of carbonyl (C=O) groups excluding carboxylic acids is 2. The topological polar surface area (TPSA) is 49.4 Å². The van der Waals surface area contributed by atoms with Crippen LogP contribution in [0, 0.1) is 5.92 Å². The van der Waals surface area contributed by atoms with E-state index in [1.807, 2.05) is 0 Å². The predicted molar refractivity (Wildman–Crippen MR) is 58.3 cm³/mol. The zero-order chi connectivity index (χ0) is 11.3. The van der Waals surface area contributed by atoms with Crippen molar-refractivity contribution in [1.82, 2.24) is 10.2 Å². The van der Waals surface area contributed by atoms with Crippen LogP contribution in [-0.2, 0) is 9.59 Å². The first kappa shape index (κ1) is 12.0. The van der Waals surface area contributed by atoms with Gasteiger partial charge in [0.25, 0.3) is 0 Å². The molecule has 0 aromatic rings. The van der Waals surface area contributed by atoms with E-state index < -0.39 is 0 Å². The number of amides is 2. The van der Waals surface area contributed by atoms with Crippen molar-refractivity contribution in [3.63, 3.8) is 0 Å². The maximum Gasteiger partial charge on any atom is 0.239 e.